The summed E-state index contributed by atoms with van der Waals surface area (Å²) in [7, 11) is 3.00. The van der Waals surface area contributed by atoms with Gasteiger partial charge in [0.15, 0.2) is 0 Å². The quantitative estimate of drug-likeness (QED) is 0.144. The van der Waals surface area contributed by atoms with Gasteiger partial charge in [-0.3, -0.25) is 9.59 Å². The lowest BCUT2D eigenvalue weighted by atomic mass is 9.93. The molecule has 2 aliphatic rings. The normalized spacial score (nSPS) is 16.5. The zero-order chi connectivity index (χ0) is 38.6. The van der Waals surface area contributed by atoms with Gasteiger partial charge in [0, 0.05) is 25.6 Å². The number of carbonyl (C=O) groups excluding carboxylic acids is 3. The van der Waals surface area contributed by atoms with Gasteiger partial charge in [0.2, 0.25) is 12.0 Å². The first-order chi connectivity index (χ1) is 26.6. The molecule has 0 bridgehead atoms. The zero-order valence-corrected chi connectivity index (χ0v) is 31.5. The van der Waals surface area contributed by atoms with Crippen LogP contribution in [0.1, 0.15) is 39.5 Å². The van der Waals surface area contributed by atoms with Crippen LogP contribution in [0.5, 0.6) is 11.5 Å². The minimum Gasteiger partial charge on any atom is -0.489 e. The average Bonchev–Trinajstić information content (AvgIpc) is 3.21. The molecule has 0 radical (unpaired) electrons. The van der Waals surface area contributed by atoms with E-state index in [1.807, 2.05) is 66.7 Å². The summed E-state index contributed by atoms with van der Waals surface area (Å²) in [6, 6.07) is 31.9. The maximum atomic E-state index is 13.6. The van der Waals surface area contributed by atoms with Crippen molar-refractivity contribution >= 4 is 46.7 Å². The fraction of sp³-hybridized carbons (Fsp3) is 0.209. The number of rotatable bonds is 10. The number of hydrogen-bond acceptors (Lipinski definition) is 8. The number of anilines is 1. The fourth-order valence-electron chi connectivity index (χ4n) is 6.71. The van der Waals surface area contributed by atoms with Gasteiger partial charge in [0.05, 0.1) is 40.5 Å². The molecule has 10 nitrogen and oxygen atoms in total. The molecule has 1 unspecified atom stereocenters. The molecule has 55 heavy (non-hydrogen) atoms. The third-order valence-electron chi connectivity index (χ3n) is 9.84. The Balaban J connectivity index is 0.989. The van der Waals surface area contributed by atoms with Crippen molar-refractivity contribution in [2.45, 2.75) is 44.2 Å². The third kappa shape index (κ3) is 8.30. The minimum atomic E-state index is -0.901. The molecule has 0 spiro atoms. The molecule has 278 valence electrons. The Morgan fingerprint density at radius 2 is 1.62 bits per heavy atom. The number of nitriles is 1. The van der Waals surface area contributed by atoms with Gasteiger partial charge in [-0.2, -0.15) is 5.26 Å². The standard InChI is InChI=1S/C43H36Cl2N4O6/c1-49-38-20-31-19-36(41(50)48-37(43(52)53-2)18-25-3-8-28(9-4-25)29-10-5-26(22-46)6-11-29)47-23-32(31)21-39(38)55-40(42(49)51)30-12-14-33(15-13-30)54-24-27-7-16-34(44)35(45)17-27/h3-17,20-21,36-37,40,47H,18-19,23-24H2,1-2H3,(H,48,50)/t36-,37-,40?/m0/s1. The predicted octanol–water partition coefficient (Wildman–Crippen LogP) is 7.12. The first kappa shape index (κ1) is 37.5. The molecule has 7 rings (SSSR count). The lowest BCUT2D eigenvalue weighted by Crippen LogP contribution is -2.53. The molecule has 3 atom stereocenters. The molecule has 2 heterocycles. The van der Waals surface area contributed by atoms with E-state index in [-0.39, 0.29) is 18.2 Å². The summed E-state index contributed by atoms with van der Waals surface area (Å²) in [6.07, 6.45) is -0.267. The second-order valence-corrected chi connectivity index (χ2v) is 14.2. The van der Waals surface area contributed by atoms with Crippen LogP contribution < -0.4 is 25.0 Å². The van der Waals surface area contributed by atoms with E-state index in [4.69, 9.17) is 42.7 Å². The number of amides is 2. The van der Waals surface area contributed by atoms with E-state index in [9.17, 15) is 14.4 Å². The molecule has 0 fully saturated rings. The van der Waals surface area contributed by atoms with Crippen LogP contribution in [0, 0.1) is 11.3 Å². The van der Waals surface area contributed by atoms with Crippen molar-refractivity contribution in [3.05, 3.63) is 147 Å². The summed E-state index contributed by atoms with van der Waals surface area (Å²) in [5.74, 6) is 0.0703. The fourth-order valence-corrected chi connectivity index (χ4v) is 7.03. The smallest absolute Gasteiger partial charge is 0.328 e. The molecule has 2 N–H and O–H groups in total. The summed E-state index contributed by atoms with van der Waals surface area (Å²) in [5.41, 5.74) is 7.36. The van der Waals surface area contributed by atoms with Crippen LogP contribution in [0.15, 0.2) is 103 Å². The number of halogens is 2. The number of carbonyl (C=O) groups is 3. The van der Waals surface area contributed by atoms with Crippen LogP contribution in [-0.4, -0.2) is 44.0 Å². The van der Waals surface area contributed by atoms with Crippen molar-refractivity contribution in [1.82, 2.24) is 10.6 Å². The van der Waals surface area contributed by atoms with Crippen LogP contribution in [0.4, 0.5) is 5.69 Å². The van der Waals surface area contributed by atoms with Gasteiger partial charge in [0.25, 0.3) is 5.91 Å². The number of benzene rings is 5. The summed E-state index contributed by atoms with van der Waals surface area (Å²) < 4.78 is 17.2. The van der Waals surface area contributed by atoms with Crippen LogP contribution in [0.2, 0.25) is 10.0 Å². The first-order valence-electron chi connectivity index (χ1n) is 17.6. The van der Waals surface area contributed by atoms with Crippen molar-refractivity contribution in [3.63, 3.8) is 0 Å². The van der Waals surface area contributed by atoms with E-state index in [2.05, 4.69) is 16.7 Å². The van der Waals surface area contributed by atoms with Crippen molar-refractivity contribution < 1.29 is 28.6 Å². The van der Waals surface area contributed by atoms with Crippen molar-refractivity contribution in [1.29, 1.82) is 5.26 Å². The van der Waals surface area contributed by atoms with E-state index in [0.717, 1.165) is 33.4 Å². The predicted molar refractivity (Wildman–Crippen MR) is 209 cm³/mol. The zero-order valence-electron chi connectivity index (χ0n) is 30.0. The Morgan fingerprint density at radius 3 is 2.29 bits per heavy atom. The Morgan fingerprint density at radius 1 is 0.927 bits per heavy atom. The molecule has 0 aromatic heterocycles. The van der Waals surface area contributed by atoms with Gasteiger partial charge in [0.1, 0.15) is 24.1 Å². The first-order valence-corrected chi connectivity index (χ1v) is 18.3. The minimum absolute atomic E-state index is 0.231. The topological polar surface area (TPSA) is 130 Å². The highest BCUT2D eigenvalue weighted by Crippen LogP contribution is 2.41. The molecule has 12 heteroatoms. The number of nitrogens with zero attached hydrogens (tertiary/aromatic N) is 2. The number of nitrogens with one attached hydrogen (secondary N) is 2. The van der Waals surface area contributed by atoms with Gasteiger partial charge < -0.3 is 29.7 Å². The molecule has 5 aromatic rings. The molecule has 0 saturated carbocycles. The Kier molecular flexibility index (Phi) is 11.1. The lowest BCUT2D eigenvalue weighted by Gasteiger charge is -2.35. The average molecular weight is 776 g/mol. The van der Waals surface area contributed by atoms with E-state index in [1.54, 1.807) is 48.3 Å². The van der Waals surface area contributed by atoms with Crippen LogP contribution in [0.25, 0.3) is 11.1 Å². The van der Waals surface area contributed by atoms with Gasteiger partial charge in [-0.1, -0.05) is 77.8 Å². The molecule has 2 aliphatic heterocycles. The largest absolute Gasteiger partial charge is 0.489 e. The second kappa shape index (κ2) is 16.2. The summed E-state index contributed by atoms with van der Waals surface area (Å²) in [6.45, 7) is 0.687. The SMILES string of the molecule is COC(=O)[C@H](Cc1ccc(-c2ccc(C#N)cc2)cc1)NC(=O)[C@@H]1Cc2cc3c(cc2CN1)OC(c1ccc(OCc2ccc(Cl)c(Cl)c2)cc1)C(=O)N3C. The molecule has 2 amide bonds. The molecule has 0 saturated heterocycles. The Bertz CT molecular complexity index is 2290. The number of fused-ring (bicyclic) bond motifs is 2. The van der Waals surface area contributed by atoms with Crippen LogP contribution in [-0.2, 0) is 45.1 Å². The van der Waals surface area contributed by atoms with Crippen LogP contribution >= 0.6 is 23.2 Å². The van der Waals surface area contributed by atoms with Gasteiger partial charge in [-0.25, -0.2) is 4.79 Å². The highest BCUT2D eigenvalue weighted by molar-refractivity contribution is 6.42. The van der Waals surface area contributed by atoms with Gasteiger partial charge in [-0.05, 0) is 88.3 Å². The molecular weight excluding hydrogens is 739 g/mol. The molecule has 0 aliphatic carbocycles. The van der Waals surface area contributed by atoms with Crippen molar-refractivity contribution in [3.8, 4) is 28.7 Å². The highest BCUT2D eigenvalue weighted by Gasteiger charge is 2.36. The van der Waals surface area contributed by atoms with Crippen molar-refractivity contribution in [2.24, 2.45) is 0 Å². The van der Waals surface area contributed by atoms with Crippen molar-refractivity contribution in [2.75, 3.05) is 19.1 Å². The number of likely N-dealkylation sites (N-methyl/N-ethyl adjacent to an activating group) is 1. The van der Waals surface area contributed by atoms with E-state index >= 15 is 0 Å². The number of hydrogen-bond donors (Lipinski definition) is 2. The summed E-state index contributed by atoms with van der Waals surface area (Å²) >= 11 is 12.1. The van der Waals surface area contributed by atoms with Crippen LogP contribution in [0.3, 0.4) is 0 Å². The number of esters is 1. The Hall–Kier alpha value is -5.86. The van der Waals surface area contributed by atoms with E-state index < -0.39 is 24.2 Å². The second-order valence-electron chi connectivity index (χ2n) is 13.4. The highest BCUT2D eigenvalue weighted by atomic mass is 35.5. The monoisotopic (exact) mass is 774 g/mol. The van der Waals surface area contributed by atoms with Gasteiger partial charge in [-0.15, -0.1) is 0 Å². The van der Waals surface area contributed by atoms with Gasteiger partial charge >= 0.3 is 5.97 Å². The lowest BCUT2D eigenvalue weighted by molar-refractivity contribution is -0.145. The summed E-state index contributed by atoms with van der Waals surface area (Å²) in [4.78, 5) is 41.5. The number of ether oxygens (including phenoxy) is 3. The Labute approximate surface area is 328 Å². The maximum absolute atomic E-state index is 13.6. The maximum Gasteiger partial charge on any atom is 0.328 e. The molecule has 5 aromatic carbocycles. The number of methoxy groups -OCH3 is 1. The third-order valence-corrected chi connectivity index (χ3v) is 10.6. The van der Waals surface area contributed by atoms with E-state index in [0.29, 0.717) is 57.9 Å². The molecular formula is C43H36Cl2N4O6. The van der Waals surface area contributed by atoms with E-state index in [1.165, 1.54) is 7.11 Å². The summed E-state index contributed by atoms with van der Waals surface area (Å²) in [5, 5.41) is 16.2.